The number of nitrogens with zero attached hydrogens (tertiary/aromatic N) is 1. The third-order valence-electron chi connectivity index (χ3n) is 8.13. The molecule has 1 saturated heterocycles. The molecule has 1 fully saturated rings. The number of nitrogens with two attached hydrogens (primary N) is 1. The first-order valence-electron chi connectivity index (χ1n) is 15.7. The number of para-hydroxylation sites is 1. The lowest BCUT2D eigenvalue weighted by Gasteiger charge is -2.22. The monoisotopic (exact) mass is 660 g/mol. The number of carbonyl (C=O) groups is 6. The van der Waals surface area contributed by atoms with Gasteiger partial charge in [0.2, 0.25) is 23.6 Å². The molecule has 0 bridgehead atoms. The summed E-state index contributed by atoms with van der Waals surface area (Å²) >= 11 is 0. The number of fused-ring (bicyclic) bond motifs is 1. The smallest absolute Gasteiger partial charge is 0.326 e. The summed E-state index contributed by atoms with van der Waals surface area (Å²) in [5.41, 5.74) is 6.93. The number of pyridine rings is 1. The third-order valence-corrected chi connectivity index (χ3v) is 8.13. The molecule has 2 aromatic carbocycles. The minimum Gasteiger partial charge on any atom is -0.480 e. The van der Waals surface area contributed by atoms with Crippen LogP contribution < -0.4 is 27.0 Å². The van der Waals surface area contributed by atoms with Gasteiger partial charge < -0.3 is 36.8 Å². The minimum absolute atomic E-state index is 0.0560. The van der Waals surface area contributed by atoms with Crippen molar-refractivity contribution in [2.24, 2.45) is 11.7 Å². The van der Waals surface area contributed by atoms with Gasteiger partial charge in [0.15, 0.2) is 0 Å². The highest BCUT2D eigenvalue weighted by atomic mass is 16.6. The molecule has 14 nitrogen and oxygen atoms in total. The summed E-state index contributed by atoms with van der Waals surface area (Å²) in [4.78, 5) is 79.3. The fourth-order valence-electron chi connectivity index (χ4n) is 5.25. The molecule has 6 atom stereocenters. The van der Waals surface area contributed by atoms with Crippen LogP contribution in [0.15, 0.2) is 66.7 Å². The van der Waals surface area contributed by atoms with Crippen molar-refractivity contribution in [3.8, 4) is 0 Å². The zero-order chi connectivity index (χ0) is 34.8. The Morgan fingerprint density at radius 2 is 1.62 bits per heavy atom. The maximum absolute atomic E-state index is 13.5. The van der Waals surface area contributed by atoms with Crippen LogP contribution in [0.5, 0.6) is 0 Å². The third kappa shape index (κ3) is 10.1. The van der Waals surface area contributed by atoms with E-state index in [0.717, 1.165) is 10.9 Å². The fourth-order valence-corrected chi connectivity index (χ4v) is 5.25. The SMILES string of the molecule is CC[C@H](C)[C@H](NC(=O)CNC(=O)C[C@@H]1O[C@@H]1[C@H](Cc1ccccc1)NC(=O)[C@H](CC(N)=O)NC(=O)c1ccc2ccccc2n1)C(=O)O. The zero-order valence-electron chi connectivity index (χ0n) is 26.7. The molecule has 5 amide bonds. The van der Waals surface area contributed by atoms with E-state index in [1.54, 1.807) is 25.1 Å². The molecule has 0 unspecified atom stereocenters. The van der Waals surface area contributed by atoms with Gasteiger partial charge in [-0.2, -0.15) is 0 Å². The van der Waals surface area contributed by atoms with Gasteiger partial charge in [-0.05, 0) is 30.0 Å². The first-order valence-corrected chi connectivity index (χ1v) is 15.7. The highest BCUT2D eigenvalue weighted by Crippen LogP contribution is 2.30. The molecule has 1 aliphatic heterocycles. The largest absolute Gasteiger partial charge is 0.480 e. The molecule has 0 saturated carbocycles. The Kier molecular flexibility index (Phi) is 12.2. The maximum atomic E-state index is 13.5. The lowest BCUT2D eigenvalue weighted by atomic mass is 9.99. The van der Waals surface area contributed by atoms with E-state index in [1.807, 2.05) is 49.4 Å². The van der Waals surface area contributed by atoms with Crippen LogP contribution in [0.4, 0.5) is 0 Å². The number of epoxide rings is 1. The van der Waals surface area contributed by atoms with Gasteiger partial charge in [-0.1, -0.05) is 74.9 Å². The Hall–Kier alpha value is -5.37. The van der Waals surface area contributed by atoms with Crippen LogP contribution >= 0.6 is 0 Å². The molecular weight excluding hydrogens is 620 g/mol. The van der Waals surface area contributed by atoms with Gasteiger partial charge in [-0.25, -0.2) is 9.78 Å². The van der Waals surface area contributed by atoms with E-state index in [9.17, 15) is 33.9 Å². The predicted molar refractivity (Wildman–Crippen MR) is 174 cm³/mol. The molecule has 1 aliphatic rings. The van der Waals surface area contributed by atoms with Crippen molar-refractivity contribution in [3.63, 3.8) is 0 Å². The average molecular weight is 661 g/mol. The van der Waals surface area contributed by atoms with Gasteiger partial charge in [-0.15, -0.1) is 0 Å². The van der Waals surface area contributed by atoms with Gasteiger partial charge in [0.25, 0.3) is 5.91 Å². The number of amides is 5. The molecule has 0 aliphatic carbocycles. The standard InChI is InChI=1S/C34H40N6O8/c1-3-19(2)30(34(46)47)40-29(43)18-36-28(42)17-26-31(48-26)24(15-20-9-5-4-6-10-20)38-33(45)25(16-27(35)41)39-32(44)23-14-13-21-11-7-8-12-22(21)37-23/h4-14,19,24-26,30-31H,3,15-18H2,1-2H3,(H2,35,41)(H,36,42)(H,38,45)(H,39,44)(H,40,43)(H,46,47)/t19-,24-,25-,26-,30-,31+/m0/s1. The Bertz CT molecular complexity index is 1650. The van der Waals surface area contributed by atoms with Crippen LogP contribution in [0, 0.1) is 5.92 Å². The maximum Gasteiger partial charge on any atom is 0.326 e. The first kappa shape index (κ1) is 35.5. The Labute approximate surface area is 277 Å². The Morgan fingerprint density at radius 3 is 2.31 bits per heavy atom. The summed E-state index contributed by atoms with van der Waals surface area (Å²) in [5.74, 6) is -4.74. The van der Waals surface area contributed by atoms with Crippen LogP contribution in [-0.4, -0.2) is 82.5 Å². The lowest BCUT2D eigenvalue weighted by molar-refractivity contribution is -0.143. The highest BCUT2D eigenvalue weighted by molar-refractivity contribution is 5.99. The number of nitrogens with one attached hydrogen (secondary N) is 4. The van der Waals surface area contributed by atoms with Gasteiger partial charge in [-0.3, -0.25) is 24.0 Å². The van der Waals surface area contributed by atoms with E-state index in [0.29, 0.717) is 18.4 Å². The summed E-state index contributed by atoms with van der Waals surface area (Å²) in [7, 11) is 0. The van der Waals surface area contributed by atoms with E-state index >= 15 is 0 Å². The van der Waals surface area contributed by atoms with Gasteiger partial charge in [0.05, 0.1) is 37.0 Å². The number of hydrogen-bond acceptors (Lipinski definition) is 8. The van der Waals surface area contributed by atoms with Gasteiger partial charge >= 0.3 is 5.97 Å². The molecule has 0 radical (unpaired) electrons. The van der Waals surface area contributed by atoms with Crippen molar-refractivity contribution in [1.82, 2.24) is 26.3 Å². The molecule has 7 N–H and O–H groups in total. The Morgan fingerprint density at radius 1 is 0.917 bits per heavy atom. The molecule has 3 aromatic rings. The summed E-state index contributed by atoms with van der Waals surface area (Å²) in [5, 5.41) is 20.5. The highest BCUT2D eigenvalue weighted by Gasteiger charge is 2.47. The summed E-state index contributed by atoms with van der Waals surface area (Å²) in [6, 6.07) is 16.6. The number of benzene rings is 2. The molecule has 1 aromatic heterocycles. The zero-order valence-corrected chi connectivity index (χ0v) is 26.7. The Balaban J connectivity index is 1.39. The predicted octanol–water partition coefficient (Wildman–Crippen LogP) is 0.825. The van der Waals surface area contributed by atoms with Crippen LogP contribution in [-0.2, 0) is 35.1 Å². The molecule has 0 spiro atoms. The van der Waals surface area contributed by atoms with E-state index in [-0.39, 0.29) is 18.0 Å². The molecule has 254 valence electrons. The lowest BCUT2D eigenvalue weighted by Crippen LogP contribution is -2.53. The topological polar surface area (TPSA) is 222 Å². The van der Waals surface area contributed by atoms with Crippen molar-refractivity contribution in [3.05, 3.63) is 78.0 Å². The van der Waals surface area contributed by atoms with E-state index in [4.69, 9.17) is 10.5 Å². The quantitative estimate of drug-likeness (QED) is 0.113. The number of carboxylic acid groups (broad SMARTS) is 1. The number of primary amides is 1. The summed E-state index contributed by atoms with van der Waals surface area (Å²) in [6.07, 6.45) is -0.928. The van der Waals surface area contributed by atoms with Crippen LogP contribution in [0.3, 0.4) is 0 Å². The van der Waals surface area contributed by atoms with E-state index in [2.05, 4.69) is 26.3 Å². The second-order valence-electron chi connectivity index (χ2n) is 11.8. The normalized spacial score (nSPS) is 17.6. The van der Waals surface area contributed by atoms with Crippen molar-refractivity contribution < 1.29 is 38.6 Å². The van der Waals surface area contributed by atoms with Crippen LogP contribution in [0.25, 0.3) is 10.9 Å². The first-order chi connectivity index (χ1) is 22.9. The van der Waals surface area contributed by atoms with Gasteiger partial charge in [0, 0.05) is 5.39 Å². The number of rotatable bonds is 17. The number of ether oxygens (including phenoxy) is 1. The van der Waals surface area contributed by atoms with Crippen molar-refractivity contribution in [2.75, 3.05) is 6.54 Å². The van der Waals surface area contributed by atoms with Crippen molar-refractivity contribution in [2.45, 2.75) is 69.9 Å². The molecule has 48 heavy (non-hydrogen) atoms. The van der Waals surface area contributed by atoms with E-state index in [1.165, 1.54) is 6.07 Å². The molecule has 14 heteroatoms. The summed E-state index contributed by atoms with van der Waals surface area (Å²) in [6.45, 7) is 3.10. The second-order valence-corrected chi connectivity index (χ2v) is 11.8. The second kappa shape index (κ2) is 16.5. The molecule has 2 heterocycles. The fraction of sp³-hybridized carbons (Fsp3) is 0.382. The molecular formula is C34H40N6O8. The average Bonchev–Trinajstić information content (AvgIpc) is 3.83. The number of aromatic nitrogens is 1. The minimum atomic E-state index is -1.31. The van der Waals surface area contributed by atoms with E-state index < -0.39 is 78.8 Å². The number of carbonyl (C=O) groups excluding carboxylic acids is 5. The number of aliphatic carboxylic acids is 1. The molecule has 4 rings (SSSR count). The number of carboxylic acids is 1. The van der Waals surface area contributed by atoms with Crippen LogP contribution in [0.1, 0.15) is 49.2 Å². The number of hydrogen-bond donors (Lipinski definition) is 6. The summed E-state index contributed by atoms with van der Waals surface area (Å²) < 4.78 is 5.78. The van der Waals surface area contributed by atoms with Gasteiger partial charge in [0.1, 0.15) is 23.9 Å². The van der Waals surface area contributed by atoms with Crippen molar-refractivity contribution >= 4 is 46.4 Å². The van der Waals surface area contributed by atoms with Crippen LogP contribution in [0.2, 0.25) is 0 Å². The van der Waals surface area contributed by atoms with Crippen molar-refractivity contribution in [1.29, 1.82) is 0 Å².